The lowest BCUT2D eigenvalue weighted by atomic mass is 9.88. The molecule has 6 heteroatoms. The first-order valence-electron chi connectivity index (χ1n) is 20.2. The number of Topliss-reactive ketones (excluding diaryl/α,β-unsaturated/α-hetero) is 1. The molecule has 0 radical (unpaired) electrons. The second kappa shape index (κ2) is 36.3. The van der Waals surface area contributed by atoms with E-state index in [-0.39, 0.29) is 17.9 Å². The first-order chi connectivity index (χ1) is 23.4. The number of hydrogen-bond acceptors (Lipinski definition) is 6. The summed E-state index contributed by atoms with van der Waals surface area (Å²) in [6.07, 6.45) is 36.5. The average molecular weight is 676 g/mol. The molecule has 0 spiro atoms. The Morgan fingerprint density at radius 1 is 0.500 bits per heavy atom. The molecule has 0 fully saturated rings. The maximum atomic E-state index is 13.1. The largest absolute Gasteiger partial charge is 0.461 e. The number of carbonyl (C=O) groups is 3. The molecule has 0 heterocycles. The molecule has 280 valence electrons. The molecule has 0 aromatic rings. The summed E-state index contributed by atoms with van der Waals surface area (Å²) in [7, 11) is 4.17. The number of ketones is 1. The van der Waals surface area contributed by atoms with Crippen LogP contribution in [0.2, 0.25) is 0 Å². The molecule has 0 atom stereocenters. The van der Waals surface area contributed by atoms with Gasteiger partial charge < -0.3 is 14.4 Å². The summed E-state index contributed by atoms with van der Waals surface area (Å²) in [4.78, 5) is 39.3. The molecule has 48 heavy (non-hydrogen) atoms. The molecule has 0 bridgehead atoms. The van der Waals surface area contributed by atoms with Crippen molar-refractivity contribution in [2.75, 3.05) is 33.9 Å². The first kappa shape index (κ1) is 46.0. The Bertz CT molecular complexity index is 754. The summed E-state index contributed by atoms with van der Waals surface area (Å²) in [5.41, 5.74) is 0. The van der Waals surface area contributed by atoms with Crippen molar-refractivity contribution in [3.05, 3.63) is 24.3 Å². The fraction of sp³-hybridized carbons (Fsp3) is 0.833. The van der Waals surface area contributed by atoms with Crippen molar-refractivity contribution in [3.8, 4) is 0 Å². The van der Waals surface area contributed by atoms with Crippen molar-refractivity contribution in [2.45, 2.75) is 187 Å². The van der Waals surface area contributed by atoms with Crippen LogP contribution in [0, 0.1) is 5.92 Å². The van der Waals surface area contributed by atoms with Crippen LogP contribution in [0.25, 0.3) is 0 Å². The van der Waals surface area contributed by atoms with Crippen LogP contribution in [0.1, 0.15) is 187 Å². The van der Waals surface area contributed by atoms with E-state index in [1.165, 1.54) is 51.4 Å². The van der Waals surface area contributed by atoms with Gasteiger partial charge in [-0.2, -0.15) is 0 Å². The molecule has 0 unspecified atom stereocenters. The first-order valence-corrected chi connectivity index (χ1v) is 20.2. The summed E-state index contributed by atoms with van der Waals surface area (Å²) < 4.78 is 10.7. The van der Waals surface area contributed by atoms with Crippen molar-refractivity contribution < 1.29 is 23.9 Å². The van der Waals surface area contributed by atoms with Gasteiger partial charge in [0.25, 0.3) is 0 Å². The number of ether oxygens (including phenoxy) is 2. The van der Waals surface area contributed by atoms with Crippen molar-refractivity contribution in [1.29, 1.82) is 0 Å². The molecular formula is C42H77NO5. The molecule has 0 amide bonds. The minimum absolute atomic E-state index is 0.0956. The highest BCUT2D eigenvalue weighted by Crippen LogP contribution is 2.22. The van der Waals surface area contributed by atoms with Crippen LogP contribution < -0.4 is 0 Å². The number of carbonyl (C=O) groups excluding carboxylic acids is 3. The highest BCUT2D eigenvalue weighted by atomic mass is 16.5. The maximum absolute atomic E-state index is 13.1. The van der Waals surface area contributed by atoms with Crippen LogP contribution in [0.4, 0.5) is 0 Å². The highest BCUT2D eigenvalue weighted by Gasteiger charge is 2.17. The van der Waals surface area contributed by atoms with Gasteiger partial charge in [-0.15, -0.1) is 0 Å². The Labute approximate surface area is 297 Å². The van der Waals surface area contributed by atoms with E-state index in [2.05, 4.69) is 45.0 Å². The van der Waals surface area contributed by atoms with Gasteiger partial charge in [-0.3, -0.25) is 14.4 Å². The Hall–Kier alpha value is -1.95. The normalized spacial score (nSPS) is 11.8. The average Bonchev–Trinajstić information content (AvgIpc) is 3.07. The van der Waals surface area contributed by atoms with Gasteiger partial charge in [-0.25, -0.2) is 0 Å². The van der Waals surface area contributed by atoms with Gasteiger partial charge in [0.2, 0.25) is 0 Å². The Morgan fingerprint density at radius 3 is 1.38 bits per heavy atom. The van der Waals surface area contributed by atoms with Gasteiger partial charge in [-0.05, 0) is 84.8 Å². The van der Waals surface area contributed by atoms with E-state index < -0.39 is 0 Å². The van der Waals surface area contributed by atoms with Gasteiger partial charge in [0.1, 0.15) is 19.0 Å². The molecule has 6 nitrogen and oxygen atoms in total. The van der Waals surface area contributed by atoms with Crippen LogP contribution in [0.5, 0.6) is 0 Å². The van der Waals surface area contributed by atoms with E-state index in [9.17, 15) is 14.4 Å². The van der Waals surface area contributed by atoms with E-state index in [4.69, 9.17) is 9.47 Å². The maximum Gasteiger partial charge on any atom is 0.306 e. The lowest BCUT2D eigenvalue weighted by molar-refractivity contribution is -0.143. The lowest BCUT2D eigenvalue weighted by Gasteiger charge is -2.16. The van der Waals surface area contributed by atoms with Crippen molar-refractivity contribution in [2.24, 2.45) is 5.92 Å². The highest BCUT2D eigenvalue weighted by molar-refractivity contribution is 5.80. The molecule has 0 aromatic carbocycles. The van der Waals surface area contributed by atoms with Crippen molar-refractivity contribution in [1.82, 2.24) is 4.90 Å². The summed E-state index contributed by atoms with van der Waals surface area (Å²) in [6.45, 7) is 6.25. The predicted octanol–water partition coefficient (Wildman–Crippen LogP) is 11.5. The number of nitrogens with zero attached hydrogens (tertiary/aromatic N) is 1. The van der Waals surface area contributed by atoms with Crippen LogP contribution in [0.3, 0.4) is 0 Å². The summed E-state index contributed by atoms with van der Waals surface area (Å²) in [5, 5.41) is 0. The standard InChI is InChI=1S/C42H77NO5/c1-5-7-9-11-13-21-29-37-47-41(45)34-25-19-15-17-23-31-39(40(44)33-27-28-36-43(3)4)32-24-18-16-20-26-35-42(46)48-38-30-22-14-12-10-8-6-2/h21-22,29-30,39H,5-20,23-28,31-38H2,1-4H3/b29-21-,30-22-. The molecule has 0 aliphatic heterocycles. The van der Waals surface area contributed by atoms with E-state index in [0.717, 1.165) is 109 Å². The van der Waals surface area contributed by atoms with Crippen LogP contribution in [-0.2, 0) is 23.9 Å². The molecule has 0 saturated carbocycles. The second-order valence-electron chi connectivity index (χ2n) is 14.0. The number of esters is 2. The third-order valence-electron chi connectivity index (χ3n) is 9.06. The van der Waals surface area contributed by atoms with Gasteiger partial charge in [0.15, 0.2) is 0 Å². The summed E-state index contributed by atoms with van der Waals surface area (Å²) >= 11 is 0. The van der Waals surface area contributed by atoms with Crippen LogP contribution >= 0.6 is 0 Å². The SMILES string of the molecule is CCCCCC/C=C\COC(=O)CCCCCCCC(CCCCCCCC(=O)OC/C=C\CCCCCC)C(=O)CCCCN(C)C. The zero-order chi connectivity index (χ0) is 35.3. The third-order valence-corrected chi connectivity index (χ3v) is 9.06. The van der Waals surface area contributed by atoms with Crippen LogP contribution in [0.15, 0.2) is 24.3 Å². The molecule has 0 aliphatic rings. The summed E-state index contributed by atoms with van der Waals surface area (Å²) in [5.74, 6) is 0.432. The monoisotopic (exact) mass is 676 g/mol. The minimum Gasteiger partial charge on any atom is -0.461 e. The van der Waals surface area contributed by atoms with Crippen molar-refractivity contribution >= 4 is 17.7 Å². The third kappa shape index (κ3) is 33.9. The van der Waals surface area contributed by atoms with E-state index in [1.54, 1.807) is 0 Å². The fourth-order valence-electron chi connectivity index (χ4n) is 5.95. The molecule has 0 N–H and O–H groups in total. The fourth-order valence-corrected chi connectivity index (χ4v) is 5.95. The van der Waals surface area contributed by atoms with E-state index >= 15 is 0 Å². The van der Waals surface area contributed by atoms with Crippen molar-refractivity contribution in [3.63, 3.8) is 0 Å². The number of hydrogen-bond donors (Lipinski definition) is 0. The Balaban J connectivity index is 4.12. The topological polar surface area (TPSA) is 72.9 Å². The van der Waals surface area contributed by atoms with Crippen LogP contribution in [-0.4, -0.2) is 56.5 Å². The van der Waals surface area contributed by atoms with Gasteiger partial charge in [0, 0.05) is 25.2 Å². The number of unbranched alkanes of at least 4 members (excludes halogenated alkanes) is 17. The molecule has 0 aromatic heterocycles. The lowest BCUT2D eigenvalue weighted by Crippen LogP contribution is -2.16. The zero-order valence-corrected chi connectivity index (χ0v) is 32.1. The predicted molar refractivity (Wildman–Crippen MR) is 203 cm³/mol. The molecule has 0 rings (SSSR count). The Kier molecular flexibility index (Phi) is 34.9. The van der Waals surface area contributed by atoms with Gasteiger partial charge >= 0.3 is 11.9 Å². The van der Waals surface area contributed by atoms with Gasteiger partial charge in [-0.1, -0.05) is 128 Å². The molecule has 0 saturated heterocycles. The van der Waals surface area contributed by atoms with E-state index in [1.807, 2.05) is 12.2 Å². The summed E-state index contributed by atoms with van der Waals surface area (Å²) in [6, 6.07) is 0. The zero-order valence-electron chi connectivity index (χ0n) is 32.1. The molecule has 0 aliphatic carbocycles. The Morgan fingerprint density at radius 2 is 0.917 bits per heavy atom. The minimum atomic E-state index is -0.0956. The van der Waals surface area contributed by atoms with E-state index in [0.29, 0.717) is 38.3 Å². The second-order valence-corrected chi connectivity index (χ2v) is 14.0. The van der Waals surface area contributed by atoms with Gasteiger partial charge in [0.05, 0.1) is 0 Å². The molecular weight excluding hydrogens is 598 g/mol. The number of rotatable bonds is 36. The smallest absolute Gasteiger partial charge is 0.306 e. The quantitative estimate of drug-likeness (QED) is 0.0374. The number of allylic oxidation sites excluding steroid dienone is 2.